The van der Waals surface area contributed by atoms with Gasteiger partial charge in [0.2, 0.25) is 0 Å². The van der Waals surface area contributed by atoms with E-state index in [-0.39, 0.29) is 17.6 Å². The van der Waals surface area contributed by atoms with E-state index < -0.39 is 10.2 Å². The number of rotatable bonds is 7. The molecule has 10 heteroatoms. The molecule has 0 atom stereocenters. The lowest BCUT2D eigenvalue weighted by atomic mass is 9.97. The number of carbonyl (C=O) groups is 1. The van der Waals surface area contributed by atoms with Gasteiger partial charge in [0.15, 0.2) is 0 Å². The van der Waals surface area contributed by atoms with Crippen molar-refractivity contribution in [1.29, 1.82) is 0 Å². The van der Waals surface area contributed by atoms with Crippen LogP contribution in [0.5, 0.6) is 0 Å². The summed E-state index contributed by atoms with van der Waals surface area (Å²) in [5, 5.41) is 2.71. The Morgan fingerprint density at radius 2 is 1.81 bits per heavy atom. The lowest BCUT2D eigenvalue weighted by molar-refractivity contribution is 0.102. The van der Waals surface area contributed by atoms with Crippen molar-refractivity contribution in [3.63, 3.8) is 0 Å². The van der Waals surface area contributed by atoms with Gasteiger partial charge in [-0.2, -0.15) is 17.0 Å². The summed E-state index contributed by atoms with van der Waals surface area (Å²) in [6.45, 7) is 7.13. The van der Waals surface area contributed by atoms with E-state index >= 15 is 0 Å². The first kappa shape index (κ1) is 23.2. The molecule has 1 aliphatic heterocycles. The Labute approximate surface area is 182 Å². The molecule has 0 radical (unpaired) electrons. The second-order valence-electron chi connectivity index (χ2n) is 7.45. The number of piperidine rings is 1. The van der Waals surface area contributed by atoms with Crippen molar-refractivity contribution in [3.8, 4) is 0 Å². The lowest BCUT2D eigenvalue weighted by Crippen LogP contribution is -2.46. The summed E-state index contributed by atoms with van der Waals surface area (Å²) in [5.41, 5.74) is 1.37. The molecule has 168 valence electrons. The monoisotopic (exact) mass is 449 g/mol. The molecule has 1 aliphatic rings. The van der Waals surface area contributed by atoms with E-state index in [2.05, 4.69) is 15.3 Å². The minimum Gasteiger partial charge on any atom is -0.322 e. The molecule has 2 aromatic rings. The van der Waals surface area contributed by atoms with Crippen molar-refractivity contribution in [1.82, 2.24) is 18.6 Å². The fourth-order valence-electron chi connectivity index (χ4n) is 3.69. The third kappa shape index (κ3) is 5.25. The van der Waals surface area contributed by atoms with Gasteiger partial charge in [0.25, 0.3) is 16.1 Å². The Morgan fingerprint density at radius 3 is 2.35 bits per heavy atom. The van der Waals surface area contributed by atoms with Crippen LogP contribution in [0.4, 0.5) is 10.1 Å². The SMILES string of the molecule is CCN(CC)S(=O)(=O)N1CCC(c2ncc(C(=O)Nc3ccc(F)cc3)c(C)n2)CC1. The second kappa shape index (κ2) is 9.80. The molecule has 1 saturated heterocycles. The molecule has 0 bridgehead atoms. The summed E-state index contributed by atoms with van der Waals surface area (Å²) in [4.78, 5) is 21.4. The summed E-state index contributed by atoms with van der Waals surface area (Å²) < 4.78 is 41.4. The van der Waals surface area contributed by atoms with E-state index in [1.54, 1.807) is 6.92 Å². The van der Waals surface area contributed by atoms with E-state index in [9.17, 15) is 17.6 Å². The Bertz CT molecular complexity index is 1020. The highest BCUT2D eigenvalue weighted by molar-refractivity contribution is 7.86. The normalized spacial score (nSPS) is 15.9. The average Bonchev–Trinajstić information content (AvgIpc) is 2.76. The number of nitrogens with one attached hydrogen (secondary N) is 1. The van der Waals surface area contributed by atoms with Crippen molar-refractivity contribution in [2.75, 3.05) is 31.5 Å². The van der Waals surface area contributed by atoms with Crippen LogP contribution < -0.4 is 5.32 Å². The zero-order chi connectivity index (χ0) is 22.6. The van der Waals surface area contributed by atoms with Gasteiger partial charge >= 0.3 is 0 Å². The first-order valence-corrected chi connectivity index (χ1v) is 11.8. The largest absolute Gasteiger partial charge is 0.322 e. The van der Waals surface area contributed by atoms with Gasteiger partial charge < -0.3 is 5.32 Å². The van der Waals surface area contributed by atoms with E-state index in [0.717, 1.165) is 0 Å². The van der Waals surface area contributed by atoms with Crippen LogP contribution in [0.2, 0.25) is 0 Å². The number of aromatic nitrogens is 2. The Balaban J connectivity index is 1.65. The van der Waals surface area contributed by atoms with E-state index in [1.807, 2.05) is 13.8 Å². The number of hydrogen-bond donors (Lipinski definition) is 1. The molecule has 8 nitrogen and oxygen atoms in total. The summed E-state index contributed by atoms with van der Waals surface area (Å²) in [6.07, 6.45) is 2.75. The van der Waals surface area contributed by atoms with E-state index in [1.165, 1.54) is 39.1 Å². The number of hydrogen-bond acceptors (Lipinski definition) is 5. The topological polar surface area (TPSA) is 95.5 Å². The number of benzene rings is 1. The molecular weight excluding hydrogens is 421 g/mol. The summed E-state index contributed by atoms with van der Waals surface area (Å²) >= 11 is 0. The number of amides is 1. The zero-order valence-corrected chi connectivity index (χ0v) is 18.8. The van der Waals surface area contributed by atoms with Crippen molar-refractivity contribution in [2.45, 2.75) is 39.5 Å². The van der Waals surface area contributed by atoms with Gasteiger partial charge in [-0.3, -0.25) is 4.79 Å². The number of halogens is 1. The summed E-state index contributed by atoms with van der Waals surface area (Å²) in [5.74, 6) is -0.0830. The standard InChI is InChI=1S/C21H28FN5O3S/c1-4-26(5-2)31(29,30)27-12-10-16(11-13-27)20-23-14-19(15(3)24-20)21(28)25-18-8-6-17(22)7-9-18/h6-9,14,16H,4-5,10-13H2,1-3H3,(H,25,28). The third-order valence-corrected chi connectivity index (χ3v) is 7.71. The molecule has 0 spiro atoms. The van der Waals surface area contributed by atoms with Gasteiger partial charge in [-0.15, -0.1) is 0 Å². The van der Waals surface area contributed by atoms with Crippen molar-refractivity contribution in [2.24, 2.45) is 0 Å². The van der Waals surface area contributed by atoms with Crippen molar-refractivity contribution in [3.05, 3.63) is 53.4 Å². The minimum absolute atomic E-state index is 0.0380. The predicted octanol–water partition coefficient (Wildman–Crippen LogP) is 2.94. The van der Waals surface area contributed by atoms with Gasteiger partial charge in [-0.25, -0.2) is 14.4 Å². The average molecular weight is 450 g/mol. The fraction of sp³-hybridized carbons (Fsp3) is 0.476. The van der Waals surface area contributed by atoms with E-state index in [4.69, 9.17) is 0 Å². The maximum absolute atomic E-state index is 13.0. The molecule has 1 aromatic carbocycles. The summed E-state index contributed by atoms with van der Waals surface area (Å²) in [7, 11) is -3.44. The van der Waals surface area contributed by atoms with Crippen LogP contribution in [0.3, 0.4) is 0 Å². The third-order valence-electron chi connectivity index (χ3n) is 5.52. The van der Waals surface area contributed by atoms with E-state index in [0.29, 0.717) is 61.8 Å². The number of carbonyl (C=O) groups excluding carboxylic acids is 1. The van der Waals surface area contributed by atoms with Crippen LogP contribution in [0.1, 0.15) is 54.5 Å². The number of aryl methyl sites for hydroxylation is 1. The highest BCUT2D eigenvalue weighted by atomic mass is 32.2. The first-order valence-electron chi connectivity index (χ1n) is 10.4. The summed E-state index contributed by atoms with van der Waals surface area (Å²) in [6, 6.07) is 5.51. The molecule has 0 aliphatic carbocycles. The lowest BCUT2D eigenvalue weighted by Gasteiger charge is -2.33. The molecule has 31 heavy (non-hydrogen) atoms. The smallest absolute Gasteiger partial charge is 0.281 e. The van der Waals surface area contributed by atoms with Gasteiger partial charge in [0.05, 0.1) is 11.3 Å². The van der Waals surface area contributed by atoms with Crippen LogP contribution >= 0.6 is 0 Å². The van der Waals surface area contributed by atoms with Gasteiger partial charge in [0.1, 0.15) is 11.6 Å². The fourth-order valence-corrected chi connectivity index (χ4v) is 5.35. The van der Waals surface area contributed by atoms with Crippen LogP contribution in [0.25, 0.3) is 0 Å². The maximum Gasteiger partial charge on any atom is 0.281 e. The first-order chi connectivity index (χ1) is 14.8. The van der Waals surface area contributed by atoms with Crippen molar-refractivity contribution >= 4 is 21.8 Å². The molecule has 3 rings (SSSR count). The Morgan fingerprint density at radius 1 is 1.19 bits per heavy atom. The van der Waals surface area contributed by atoms with Crippen LogP contribution in [0, 0.1) is 12.7 Å². The number of nitrogens with zero attached hydrogens (tertiary/aromatic N) is 4. The Hall–Kier alpha value is -2.43. The molecule has 1 amide bonds. The Kier molecular flexibility index (Phi) is 7.34. The second-order valence-corrected chi connectivity index (χ2v) is 9.38. The molecule has 1 fully saturated rings. The van der Waals surface area contributed by atoms with Crippen LogP contribution in [0.15, 0.2) is 30.5 Å². The predicted molar refractivity (Wildman–Crippen MR) is 117 cm³/mol. The molecule has 1 N–H and O–H groups in total. The maximum atomic E-state index is 13.0. The van der Waals surface area contributed by atoms with Gasteiger partial charge in [-0.1, -0.05) is 13.8 Å². The van der Waals surface area contributed by atoms with Crippen LogP contribution in [-0.4, -0.2) is 59.1 Å². The number of anilines is 1. The highest BCUT2D eigenvalue weighted by Gasteiger charge is 2.33. The molecule has 1 aromatic heterocycles. The molecule has 2 heterocycles. The quantitative estimate of drug-likeness (QED) is 0.701. The van der Waals surface area contributed by atoms with Crippen LogP contribution in [-0.2, 0) is 10.2 Å². The zero-order valence-electron chi connectivity index (χ0n) is 18.0. The minimum atomic E-state index is -3.44. The van der Waals surface area contributed by atoms with Crippen molar-refractivity contribution < 1.29 is 17.6 Å². The molecule has 0 unspecified atom stereocenters. The van der Waals surface area contributed by atoms with Gasteiger partial charge in [-0.05, 0) is 44.0 Å². The molecular formula is C21H28FN5O3S. The van der Waals surface area contributed by atoms with Gasteiger partial charge in [0, 0.05) is 44.0 Å². The highest BCUT2D eigenvalue weighted by Crippen LogP contribution is 2.28. The molecule has 0 saturated carbocycles.